The molecule has 1 aliphatic rings. The Bertz CT molecular complexity index is 1310. The van der Waals surface area contributed by atoms with Crippen molar-refractivity contribution >= 4 is 27.2 Å². The van der Waals surface area contributed by atoms with Crippen molar-refractivity contribution in [1.29, 1.82) is 0 Å². The quantitative estimate of drug-likeness (QED) is 0.561. The molecule has 2 aromatic heterocycles. The number of hydrogen-bond acceptors (Lipinski definition) is 7. The maximum absolute atomic E-state index is 12.8. The number of sulfone groups is 1. The summed E-state index contributed by atoms with van der Waals surface area (Å²) in [5.41, 5.74) is 2.66. The number of nitrogens with one attached hydrogen (secondary N) is 1. The van der Waals surface area contributed by atoms with Crippen LogP contribution in [0.3, 0.4) is 0 Å². The maximum Gasteiger partial charge on any atom is 0.573 e. The number of hydrogen-bond donors (Lipinski definition) is 1. The molecule has 35 heavy (non-hydrogen) atoms. The van der Waals surface area contributed by atoms with Gasteiger partial charge < -0.3 is 15.0 Å². The second kappa shape index (κ2) is 9.53. The molecule has 0 radical (unpaired) electrons. The first kappa shape index (κ1) is 24.5. The van der Waals surface area contributed by atoms with Crippen LogP contribution in [0, 0.1) is 6.92 Å². The summed E-state index contributed by atoms with van der Waals surface area (Å²) in [5, 5.41) is 2.78. The van der Waals surface area contributed by atoms with E-state index in [9.17, 15) is 26.4 Å². The van der Waals surface area contributed by atoms with Gasteiger partial charge in [0, 0.05) is 31.0 Å². The topological polar surface area (TPSA) is 101 Å². The van der Waals surface area contributed by atoms with Gasteiger partial charge in [0.25, 0.3) is 5.91 Å². The number of aromatic nitrogens is 2. The minimum atomic E-state index is -4.77. The molecule has 0 bridgehead atoms. The van der Waals surface area contributed by atoms with E-state index in [4.69, 9.17) is 0 Å². The van der Waals surface area contributed by atoms with Gasteiger partial charge in [0.15, 0.2) is 9.84 Å². The predicted octanol–water partition coefficient (Wildman–Crippen LogP) is 3.84. The SMILES string of the molecule is Cc1c(NC(=O)c2ccc(N3CCS(=O)(=O)CC3)nc2)cncc1-c1ccc(OC(F)(F)F)cc1. The van der Waals surface area contributed by atoms with E-state index >= 15 is 0 Å². The molecule has 0 unspecified atom stereocenters. The number of anilines is 2. The molecule has 1 N–H and O–H groups in total. The number of carbonyl (C=O) groups excluding carboxylic acids is 1. The normalized spacial score (nSPS) is 15.5. The van der Waals surface area contributed by atoms with Crippen molar-refractivity contribution in [2.24, 2.45) is 0 Å². The van der Waals surface area contributed by atoms with E-state index in [1.165, 1.54) is 36.7 Å². The minimum absolute atomic E-state index is 0.0671. The molecule has 3 heterocycles. The molecule has 0 saturated carbocycles. The first-order chi connectivity index (χ1) is 16.5. The third-order valence-electron chi connectivity index (χ3n) is 5.54. The van der Waals surface area contributed by atoms with Gasteiger partial charge in [-0.05, 0) is 42.3 Å². The number of pyridine rings is 2. The van der Waals surface area contributed by atoms with Crippen LogP contribution in [0.2, 0.25) is 0 Å². The second-order valence-corrected chi connectivity index (χ2v) is 10.2. The predicted molar refractivity (Wildman–Crippen MR) is 124 cm³/mol. The molecular weight excluding hydrogens is 485 g/mol. The molecule has 0 spiro atoms. The van der Waals surface area contributed by atoms with Crippen molar-refractivity contribution in [1.82, 2.24) is 9.97 Å². The average molecular weight is 507 g/mol. The Morgan fingerprint density at radius 2 is 1.71 bits per heavy atom. The Hall–Kier alpha value is -3.67. The fourth-order valence-corrected chi connectivity index (χ4v) is 4.82. The molecule has 8 nitrogen and oxygen atoms in total. The van der Waals surface area contributed by atoms with Gasteiger partial charge in [-0.2, -0.15) is 0 Å². The average Bonchev–Trinajstić information content (AvgIpc) is 2.80. The van der Waals surface area contributed by atoms with E-state index in [2.05, 4.69) is 20.0 Å². The number of ether oxygens (including phenoxy) is 1. The molecule has 1 amide bonds. The van der Waals surface area contributed by atoms with E-state index in [0.29, 0.717) is 46.8 Å². The number of rotatable bonds is 5. The van der Waals surface area contributed by atoms with Crippen LogP contribution in [-0.4, -0.2) is 55.3 Å². The van der Waals surface area contributed by atoms with Gasteiger partial charge in [-0.15, -0.1) is 13.2 Å². The molecule has 1 aromatic carbocycles. The standard InChI is InChI=1S/C23H21F3N4O4S/c1-15-19(16-2-5-18(6-3-16)34-23(24,25)26)13-27-14-20(15)29-22(31)17-4-7-21(28-12-17)30-8-10-35(32,33)11-9-30/h2-7,12-14H,8-11H2,1H3,(H,29,31). The van der Waals surface area contributed by atoms with Gasteiger partial charge in [0.2, 0.25) is 0 Å². The van der Waals surface area contributed by atoms with Crippen LogP contribution >= 0.6 is 0 Å². The van der Waals surface area contributed by atoms with Gasteiger partial charge in [-0.25, -0.2) is 13.4 Å². The third kappa shape index (κ3) is 6.07. The fourth-order valence-electron chi connectivity index (χ4n) is 3.62. The second-order valence-electron chi connectivity index (χ2n) is 7.93. The lowest BCUT2D eigenvalue weighted by molar-refractivity contribution is -0.274. The summed E-state index contributed by atoms with van der Waals surface area (Å²) in [5.74, 6) is -0.0242. The summed E-state index contributed by atoms with van der Waals surface area (Å²) in [6.45, 7) is 2.46. The number of halogens is 3. The van der Waals surface area contributed by atoms with Gasteiger partial charge in [-0.1, -0.05) is 12.1 Å². The van der Waals surface area contributed by atoms with Crippen molar-refractivity contribution < 1.29 is 31.1 Å². The molecule has 0 atom stereocenters. The molecule has 3 aromatic rings. The number of amides is 1. The number of carbonyl (C=O) groups is 1. The molecule has 1 fully saturated rings. The highest BCUT2D eigenvalue weighted by Gasteiger charge is 2.31. The van der Waals surface area contributed by atoms with Crippen LogP contribution in [0.5, 0.6) is 5.75 Å². The Labute approximate surface area is 199 Å². The monoisotopic (exact) mass is 506 g/mol. The van der Waals surface area contributed by atoms with Crippen LogP contribution in [0.25, 0.3) is 11.1 Å². The zero-order valence-electron chi connectivity index (χ0n) is 18.5. The van der Waals surface area contributed by atoms with Crippen molar-refractivity contribution in [2.75, 3.05) is 34.8 Å². The van der Waals surface area contributed by atoms with Gasteiger partial charge in [-0.3, -0.25) is 9.78 Å². The molecule has 4 rings (SSSR count). The Balaban J connectivity index is 1.46. The number of alkyl halides is 3. The lowest BCUT2D eigenvalue weighted by atomic mass is 10.0. The van der Waals surface area contributed by atoms with Gasteiger partial charge >= 0.3 is 6.36 Å². The summed E-state index contributed by atoms with van der Waals surface area (Å²) in [7, 11) is -3.01. The van der Waals surface area contributed by atoms with E-state index < -0.39 is 22.1 Å². The summed E-state index contributed by atoms with van der Waals surface area (Å²) in [4.78, 5) is 23.1. The van der Waals surface area contributed by atoms with Crippen molar-refractivity contribution in [2.45, 2.75) is 13.3 Å². The Morgan fingerprint density at radius 3 is 2.31 bits per heavy atom. The minimum Gasteiger partial charge on any atom is -0.406 e. The van der Waals surface area contributed by atoms with Crippen LogP contribution in [0.15, 0.2) is 55.0 Å². The van der Waals surface area contributed by atoms with Gasteiger partial charge in [0.1, 0.15) is 11.6 Å². The van der Waals surface area contributed by atoms with Crippen LogP contribution in [0.4, 0.5) is 24.7 Å². The summed E-state index contributed by atoms with van der Waals surface area (Å²) < 4.78 is 64.3. The van der Waals surface area contributed by atoms with E-state index in [-0.39, 0.29) is 17.3 Å². The van der Waals surface area contributed by atoms with E-state index in [0.717, 1.165) is 0 Å². The molecule has 1 aliphatic heterocycles. The third-order valence-corrected chi connectivity index (χ3v) is 7.15. The lowest BCUT2D eigenvalue weighted by Gasteiger charge is -2.27. The molecule has 184 valence electrons. The smallest absolute Gasteiger partial charge is 0.406 e. The largest absolute Gasteiger partial charge is 0.573 e. The molecular formula is C23H21F3N4O4S. The van der Waals surface area contributed by atoms with Crippen molar-refractivity contribution in [3.63, 3.8) is 0 Å². The summed E-state index contributed by atoms with van der Waals surface area (Å²) >= 11 is 0. The van der Waals surface area contributed by atoms with Gasteiger partial charge in [0.05, 0.1) is 29.0 Å². The summed E-state index contributed by atoms with van der Waals surface area (Å²) in [6.07, 6.45) is -0.321. The molecule has 0 aliphatic carbocycles. The Kier molecular flexibility index (Phi) is 6.66. The highest BCUT2D eigenvalue weighted by Crippen LogP contribution is 2.30. The van der Waals surface area contributed by atoms with Crippen molar-refractivity contribution in [3.05, 3.63) is 66.1 Å². The highest BCUT2D eigenvalue weighted by atomic mass is 32.2. The van der Waals surface area contributed by atoms with Crippen molar-refractivity contribution in [3.8, 4) is 16.9 Å². The van der Waals surface area contributed by atoms with Crippen LogP contribution in [0.1, 0.15) is 15.9 Å². The zero-order chi connectivity index (χ0) is 25.2. The fraction of sp³-hybridized carbons (Fsp3) is 0.261. The highest BCUT2D eigenvalue weighted by molar-refractivity contribution is 7.91. The zero-order valence-corrected chi connectivity index (χ0v) is 19.4. The van der Waals surface area contributed by atoms with Crippen LogP contribution < -0.4 is 15.0 Å². The Morgan fingerprint density at radius 1 is 1.03 bits per heavy atom. The van der Waals surface area contributed by atoms with E-state index in [1.807, 2.05) is 4.90 Å². The number of nitrogens with zero attached hydrogens (tertiary/aromatic N) is 3. The lowest BCUT2D eigenvalue weighted by Crippen LogP contribution is -2.40. The molecule has 12 heteroatoms. The van der Waals surface area contributed by atoms with E-state index in [1.54, 1.807) is 25.3 Å². The molecule has 1 saturated heterocycles. The van der Waals surface area contributed by atoms with Crippen LogP contribution in [-0.2, 0) is 9.84 Å². The first-order valence-corrected chi connectivity index (χ1v) is 12.4. The number of benzene rings is 1. The first-order valence-electron chi connectivity index (χ1n) is 10.5. The summed E-state index contributed by atoms with van der Waals surface area (Å²) in [6, 6.07) is 8.64. The maximum atomic E-state index is 12.8.